The molecule has 2 aliphatic rings. The summed E-state index contributed by atoms with van der Waals surface area (Å²) < 4.78 is 23.3. The second-order valence-corrected chi connectivity index (χ2v) is 8.12. The molecule has 1 saturated heterocycles. The molecule has 1 atom stereocenters. The van der Waals surface area contributed by atoms with E-state index in [1.54, 1.807) is 12.1 Å². The second kappa shape index (κ2) is 5.38. The molecule has 0 aromatic heterocycles. The van der Waals surface area contributed by atoms with Gasteiger partial charge in [0.05, 0.1) is 16.4 Å². The lowest BCUT2D eigenvalue weighted by molar-refractivity contribution is -0.384. The standard InChI is InChI=1S/C14H18N2O4S/c17-16(18)13-3-1-2-11(8-13)9-15(12-4-5-12)14-6-7-21(19,20)10-14/h1-3,8,12,14H,4-7,9-10H2. The van der Waals surface area contributed by atoms with Crippen LogP contribution in [0.1, 0.15) is 24.8 Å². The Morgan fingerprint density at radius 2 is 2.00 bits per heavy atom. The third-order valence-electron chi connectivity index (χ3n) is 4.18. The molecule has 1 aromatic carbocycles. The fourth-order valence-corrected chi connectivity index (χ4v) is 4.72. The monoisotopic (exact) mass is 310 g/mol. The van der Waals surface area contributed by atoms with Gasteiger partial charge in [0.25, 0.3) is 5.69 Å². The summed E-state index contributed by atoms with van der Waals surface area (Å²) in [5.41, 5.74) is 0.961. The van der Waals surface area contributed by atoms with E-state index in [0.29, 0.717) is 19.0 Å². The molecular formula is C14H18N2O4S. The van der Waals surface area contributed by atoms with E-state index in [9.17, 15) is 18.5 Å². The Morgan fingerprint density at radius 3 is 2.57 bits per heavy atom. The molecule has 2 fully saturated rings. The first-order chi connectivity index (χ1) is 9.94. The van der Waals surface area contributed by atoms with E-state index in [0.717, 1.165) is 18.4 Å². The molecular weight excluding hydrogens is 292 g/mol. The average molecular weight is 310 g/mol. The van der Waals surface area contributed by atoms with Gasteiger partial charge in [-0.05, 0) is 24.8 Å². The minimum atomic E-state index is -2.91. The van der Waals surface area contributed by atoms with Crippen LogP contribution in [0.2, 0.25) is 0 Å². The van der Waals surface area contributed by atoms with Gasteiger partial charge >= 0.3 is 0 Å². The van der Waals surface area contributed by atoms with Crippen molar-refractivity contribution in [3.63, 3.8) is 0 Å². The predicted molar refractivity (Wildman–Crippen MR) is 78.7 cm³/mol. The van der Waals surface area contributed by atoms with Crippen molar-refractivity contribution in [1.82, 2.24) is 4.90 Å². The van der Waals surface area contributed by atoms with Crippen LogP contribution in [0.4, 0.5) is 5.69 Å². The smallest absolute Gasteiger partial charge is 0.269 e. The van der Waals surface area contributed by atoms with Crippen LogP contribution >= 0.6 is 0 Å². The summed E-state index contributed by atoms with van der Waals surface area (Å²) >= 11 is 0. The van der Waals surface area contributed by atoms with E-state index in [4.69, 9.17) is 0 Å². The fourth-order valence-electron chi connectivity index (χ4n) is 2.98. The van der Waals surface area contributed by atoms with Crippen LogP contribution in [0.5, 0.6) is 0 Å². The highest BCUT2D eigenvalue weighted by Gasteiger charge is 2.39. The van der Waals surface area contributed by atoms with Gasteiger partial charge in [-0.2, -0.15) is 0 Å². The molecule has 7 heteroatoms. The maximum absolute atomic E-state index is 11.7. The number of benzene rings is 1. The first-order valence-corrected chi connectivity index (χ1v) is 8.96. The van der Waals surface area contributed by atoms with Gasteiger partial charge in [-0.25, -0.2) is 8.42 Å². The number of nitro benzene ring substituents is 1. The molecule has 1 unspecified atom stereocenters. The number of hydrogen-bond donors (Lipinski definition) is 0. The van der Waals surface area contributed by atoms with E-state index in [1.807, 2.05) is 6.07 Å². The van der Waals surface area contributed by atoms with Crippen LogP contribution < -0.4 is 0 Å². The lowest BCUT2D eigenvalue weighted by atomic mass is 10.1. The highest BCUT2D eigenvalue weighted by atomic mass is 32.2. The normalized spacial score (nSPS) is 24.3. The average Bonchev–Trinajstić information content (AvgIpc) is 3.20. The van der Waals surface area contributed by atoms with Crippen molar-refractivity contribution in [3.05, 3.63) is 39.9 Å². The topological polar surface area (TPSA) is 80.5 Å². The molecule has 21 heavy (non-hydrogen) atoms. The van der Waals surface area contributed by atoms with Crippen LogP contribution in [-0.2, 0) is 16.4 Å². The number of nitro groups is 1. The highest BCUT2D eigenvalue weighted by molar-refractivity contribution is 7.91. The van der Waals surface area contributed by atoms with Gasteiger partial charge in [0, 0.05) is 30.8 Å². The van der Waals surface area contributed by atoms with Gasteiger partial charge < -0.3 is 0 Å². The van der Waals surface area contributed by atoms with E-state index in [2.05, 4.69) is 4.90 Å². The lowest BCUT2D eigenvalue weighted by Gasteiger charge is -2.28. The summed E-state index contributed by atoms with van der Waals surface area (Å²) in [6, 6.07) is 7.10. The number of hydrogen-bond acceptors (Lipinski definition) is 5. The van der Waals surface area contributed by atoms with Crippen LogP contribution in [0, 0.1) is 10.1 Å². The van der Waals surface area contributed by atoms with E-state index < -0.39 is 14.8 Å². The van der Waals surface area contributed by atoms with Gasteiger partial charge in [-0.1, -0.05) is 12.1 Å². The molecule has 6 nitrogen and oxygen atoms in total. The molecule has 0 bridgehead atoms. The molecule has 0 amide bonds. The zero-order chi connectivity index (χ0) is 15.0. The van der Waals surface area contributed by atoms with Gasteiger partial charge in [0.15, 0.2) is 9.84 Å². The maximum atomic E-state index is 11.7. The summed E-state index contributed by atoms with van der Waals surface area (Å²) in [4.78, 5) is 12.7. The quantitative estimate of drug-likeness (QED) is 0.611. The predicted octanol–water partition coefficient (Wildman–Crippen LogP) is 1.75. The number of rotatable bonds is 5. The molecule has 1 aliphatic carbocycles. The summed E-state index contributed by atoms with van der Waals surface area (Å²) in [7, 11) is -2.91. The van der Waals surface area contributed by atoms with Gasteiger partial charge in [-0.3, -0.25) is 15.0 Å². The molecule has 0 spiro atoms. The zero-order valence-corrected chi connectivity index (χ0v) is 12.5. The van der Waals surface area contributed by atoms with Crippen molar-refractivity contribution in [3.8, 4) is 0 Å². The van der Waals surface area contributed by atoms with E-state index in [-0.39, 0.29) is 23.2 Å². The molecule has 1 aliphatic heterocycles. The van der Waals surface area contributed by atoms with Gasteiger partial charge in [-0.15, -0.1) is 0 Å². The zero-order valence-electron chi connectivity index (χ0n) is 11.6. The summed E-state index contributed by atoms with van der Waals surface area (Å²) in [6.45, 7) is 0.590. The van der Waals surface area contributed by atoms with Crippen molar-refractivity contribution in [2.45, 2.75) is 37.9 Å². The van der Waals surface area contributed by atoms with Crippen LogP contribution in [-0.4, -0.2) is 41.8 Å². The molecule has 1 heterocycles. The molecule has 1 aromatic rings. The first-order valence-electron chi connectivity index (χ1n) is 7.14. The summed E-state index contributed by atoms with van der Waals surface area (Å²) in [5.74, 6) is 0.480. The minimum absolute atomic E-state index is 0.0572. The van der Waals surface area contributed by atoms with Crippen LogP contribution in [0.3, 0.4) is 0 Å². The number of nitrogens with zero attached hydrogens (tertiary/aromatic N) is 2. The third kappa shape index (κ3) is 3.41. The largest absolute Gasteiger partial charge is 0.292 e. The Bertz CT molecular complexity index is 655. The second-order valence-electron chi connectivity index (χ2n) is 5.89. The Morgan fingerprint density at radius 1 is 1.24 bits per heavy atom. The Labute approximate surface area is 123 Å². The molecule has 1 saturated carbocycles. The molecule has 114 valence electrons. The van der Waals surface area contributed by atoms with Crippen LogP contribution in [0.15, 0.2) is 24.3 Å². The SMILES string of the molecule is O=[N+]([O-])c1cccc(CN(C2CC2)C2CCS(=O)(=O)C2)c1. The fraction of sp³-hybridized carbons (Fsp3) is 0.571. The Hall–Kier alpha value is -1.47. The van der Waals surface area contributed by atoms with Crippen molar-refractivity contribution >= 4 is 15.5 Å². The number of sulfone groups is 1. The Kier molecular flexibility index (Phi) is 3.71. The number of non-ortho nitro benzene ring substituents is 1. The lowest BCUT2D eigenvalue weighted by Crippen LogP contribution is -2.37. The van der Waals surface area contributed by atoms with E-state index in [1.165, 1.54) is 6.07 Å². The van der Waals surface area contributed by atoms with E-state index >= 15 is 0 Å². The summed E-state index contributed by atoms with van der Waals surface area (Å²) in [5, 5.41) is 10.8. The van der Waals surface area contributed by atoms with Crippen molar-refractivity contribution in [2.24, 2.45) is 0 Å². The molecule has 3 rings (SSSR count). The third-order valence-corrected chi connectivity index (χ3v) is 5.93. The maximum Gasteiger partial charge on any atom is 0.269 e. The van der Waals surface area contributed by atoms with Crippen LogP contribution in [0.25, 0.3) is 0 Å². The van der Waals surface area contributed by atoms with Gasteiger partial charge in [0.2, 0.25) is 0 Å². The molecule has 0 radical (unpaired) electrons. The van der Waals surface area contributed by atoms with Crippen molar-refractivity contribution < 1.29 is 13.3 Å². The molecule has 0 N–H and O–H groups in total. The van der Waals surface area contributed by atoms with Crippen molar-refractivity contribution in [2.75, 3.05) is 11.5 Å². The Balaban J connectivity index is 1.77. The highest BCUT2D eigenvalue weighted by Crippen LogP contribution is 2.33. The minimum Gasteiger partial charge on any atom is -0.292 e. The van der Waals surface area contributed by atoms with Gasteiger partial charge in [0.1, 0.15) is 0 Å². The summed E-state index contributed by atoms with van der Waals surface area (Å²) in [6.07, 6.45) is 2.85. The van der Waals surface area contributed by atoms with Crippen molar-refractivity contribution in [1.29, 1.82) is 0 Å². The first kappa shape index (κ1) is 14.5.